The molecule has 20 heavy (non-hydrogen) atoms. The molecule has 1 aliphatic heterocycles. The van der Waals surface area contributed by atoms with Crippen LogP contribution in [0.5, 0.6) is 0 Å². The van der Waals surface area contributed by atoms with E-state index in [-0.39, 0.29) is 6.04 Å². The summed E-state index contributed by atoms with van der Waals surface area (Å²) >= 11 is 0. The molecule has 112 valence electrons. The Morgan fingerprint density at radius 3 is 2.95 bits per heavy atom. The van der Waals surface area contributed by atoms with E-state index in [1.807, 2.05) is 6.20 Å². The summed E-state index contributed by atoms with van der Waals surface area (Å²) in [6.45, 7) is 7.16. The molecule has 0 radical (unpaired) electrons. The molecular weight excluding hydrogens is 250 g/mol. The van der Waals surface area contributed by atoms with Gasteiger partial charge in [-0.05, 0) is 37.8 Å². The highest BCUT2D eigenvalue weighted by atomic mass is 16.5. The van der Waals surface area contributed by atoms with Gasteiger partial charge in [-0.3, -0.25) is 4.98 Å². The van der Waals surface area contributed by atoms with E-state index in [1.54, 1.807) is 0 Å². The van der Waals surface area contributed by atoms with E-state index in [9.17, 15) is 0 Å². The van der Waals surface area contributed by atoms with Crippen LogP contribution in [0, 0.1) is 0 Å². The fraction of sp³-hybridized carbons (Fsp3) is 0.688. The van der Waals surface area contributed by atoms with E-state index < -0.39 is 0 Å². The Hall–Kier alpha value is -1.13. The zero-order valence-corrected chi connectivity index (χ0v) is 12.7. The lowest BCUT2D eigenvalue weighted by Crippen LogP contribution is -2.39. The molecule has 0 aliphatic carbocycles. The van der Waals surface area contributed by atoms with Crippen molar-refractivity contribution in [3.63, 3.8) is 0 Å². The van der Waals surface area contributed by atoms with Crippen molar-refractivity contribution in [2.75, 3.05) is 24.6 Å². The lowest BCUT2D eigenvalue weighted by atomic mass is 10.1. The second-order valence-electron chi connectivity index (χ2n) is 5.54. The second kappa shape index (κ2) is 7.60. The van der Waals surface area contributed by atoms with Gasteiger partial charge < -0.3 is 15.4 Å². The average molecular weight is 277 g/mol. The number of ether oxygens (including phenoxy) is 1. The third-order valence-electron chi connectivity index (χ3n) is 3.89. The van der Waals surface area contributed by atoms with Crippen molar-refractivity contribution in [3.05, 3.63) is 24.0 Å². The Morgan fingerprint density at radius 2 is 2.30 bits per heavy atom. The minimum absolute atomic E-state index is 0.0473. The minimum atomic E-state index is 0.0473. The summed E-state index contributed by atoms with van der Waals surface area (Å²) in [6.07, 6.45) is 6.67. The van der Waals surface area contributed by atoms with Gasteiger partial charge in [0.25, 0.3) is 0 Å². The van der Waals surface area contributed by atoms with Crippen molar-refractivity contribution >= 4 is 5.69 Å². The predicted octanol–water partition coefficient (Wildman–Crippen LogP) is 2.89. The van der Waals surface area contributed by atoms with Crippen LogP contribution in [0.3, 0.4) is 0 Å². The molecule has 0 bridgehead atoms. The van der Waals surface area contributed by atoms with Gasteiger partial charge in [-0.15, -0.1) is 0 Å². The van der Waals surface area contributed by atoms with Gasteiger partial charge in [0.1, 0.15) is 0 Å². The maximum absolute atomic E-state index is 6.00. The molecule has 4 heteroatoms. The zero-order chi connectivity index (χ0) is 14.4. The summed E-state index contributed by atoms with van der Waals surface area (Å²) in [5.74, 6) is 0. The van der Waals surface area contributed by atoms with E-state index in [4.69, 9.17) is 10.5 Å². The molecule has 0 amide bonds. The molecular formula is C16H27N3O. The highest BCUT2D eigenvalue weighted by Gasteiger charge is 2.20. The van der Waals surface area contributed by atoms with Gasteiger partial charge in [0.2, 0.25) is 0 Å². The number of rotatable bonds is 6. The van der Waals surface area contributed by atoms with E-state index in [0.29, 0.717) is 6.10 Å². The van der Waals surface area contributed by atoms with Crippen molar-refractivity contribution in [3.8, 4) is 0 Å². The van der Waals surface area contributed by atoms with Crippen LogP contribution in [0.25, 0.3) is 0 Å². The fourth-order valence-electron chi connectivity index (χ4n) is 2.61. The third kappa shape index (κ3) is 3.93. The minimum Gasteiger partial charge on any atom is -0.376 e. The number of aromatic nitrogens is 1. The first-order chi connectivity index (χ1) is 9.74. The number of hydrogen-bond donors (Lipinski definition) is 1. The van der Waals surface area contributed by atoms with Crippen molar-refractivity contribution in [1.82, 2.24) is 4.98 Å². The maximum Gasteiger partial charge on any atom is 0.0750 e. The molecule has 1 saturated heterocycles. The van der Waals surface area contributed by atoms with Crippen LogP contribution in [-0.2, 0) is 4.74 Å². The van der Waals surface area contributed by atoms with Gasteiger partial charge in [0.15, 0.2) is 0 Å². The van der Waals surface area contributed by atoms with Crippen molar-refractivity contribution in [2.45, 2.75) is 51.7 Å². The van der Waals surface area contributed by atoms with Crippen LogP contribution >= 0.6 is 0 Å². The lowest BCUT2D eigenvalue weighted by Gasteiger charge is -2.34. The smallest absolute Gasteiger partial charge is 0.0750 e. The molecule has 1 fully saturated rings. The number of anilines is 1. The first-order valence-corrected chi connectivity index (χ1v) is 7.82. The lowest BCUT2D eigenvalue weighted by molar-refractivity contribution is 0.0440. The van der Waals surface area contributed by atoms with Crippen LogP contribution in [0.15, 0.2) is 18.3 Å². The quantitative estimate of drug-likeness (QED) is 0.868. The van der Waals surface area contributed by atoms with Crippen LogP contribution in [-0.4, -0.2) is 30.8 Å². The summed E-state index contributed by atoms with van der Waals surface area (Å²) in [5, 5.41) is 0. The van der Waals surface area contributed by atoms with Crippen LogP contribution in [0.2, 0.25) is 0 Å². The molecule has 1 aliphatic rings. The number of hydrogen-bond acceptors (Lipinski definition) is 4. The molecule has 0 saturated carbocycles. The Kier molecular flexibility index (Phi) is 5.80. The topological polar surface area (TPSA) is 51.4 Å². The Morgan fingerprint density at radius 1 is 1.45 bits per heavy atom. The third-order valence-corrected chi connectivity index (χ3v) is 3.89. The first kappa shape index (κ1) is 15.3. The Bertz CT molecular complexity index is 393. The molecule has 2 rings (SSSR count). The van der Waals surface area contributed by atoms with Gasteiger partial charge in [-0.25, -0.2) is 0 Å². The van der Waals surface area contributed by atoms with Crippen molar-refractivity contribution in [1.29, 1.82) is 0 Å². The summed E-state index contributed by atoms with van der Waals surface area (Å²) < 4.78 is 5.88. The Labute approximate surface area is 122 Å². The zero-order valence-electron chi connectivity index (χ0n) is 12.7. The molecule has 2 N–H and O–H groups in total. The normalized spacial score (nSPS) is 20.9. The van der Waals surface area contributed by atoms with E-state index in [1.165, 1.54) is 18.5 Å². The SMILES string of the molecule is CCCOC1CCCN(c2ccc(C(N)CC)nc2)C1. The van der Waals surface area contributed by atoms with Crippen LogP contribution < -0.4 is 10.6 Å². The molecule has 0 spiro atoms. The number of nitrogens with two attached hydrogens (primary N) is 1. The van der Waals surface area contributed by atoms with E-state index >= 15 is 0 Å². The van der Waals surface area contributed by atoms with E-state index in [0.717, 1.165) is 38.2 Å². The van der Waals surface area contributed by atoms with Gasteiger partial charge >= 0.3 is 0 Å². The summed E-state index contributed by atoms with van der Waals surface area (Å²) in [6, 6.07) is 4.24. The molecule has 2 atom stereocenters. The summed E-state index contributed by atoms with van der Waals surface area (Å²) in [5.41, 5.74) is 8.16. The summed E-state index contributed by atoms with van der Waals surface area (Å²) in [4.78, 5) is 6.88. The summed E-state index contributed by atoms with van der Waals surface area (Å²) in [7, 11) is 0. The Balaban J connectivity index is 1.96. The predicted molar refractivity (Wildman–Crippen MR) is 82.9 cm³/mol. The van der Waals surface area contributed by atoms with Gasteiger partial charge in [0, 0.05) is 25.7 Å². The first-order valence-electron chi connectivity index (χ1n) is 7.82. The number of pyridine rings is 1. The molecule has 2 heterocycles. The molecule has 1 aromatic rings. The maximum atomic E-state index is 6.00. The molecule has 4 nitrogen and oxygen atoms in total. The molecule has 0 aromatic carbocycles. The standard InChI is InChI=1S/C16H27N3O/c1-3-10-20-14-6-5-9-19(12-14)13-7-8-16(18-11-13)15(17)4-2/h7-8,11,14-15H,3-6,9-10,12,17H2,1-2H3. The van der Waals surface area contributed by atoms with Gasteiger partial charge in [-0.1, -0.05) is 13.8 Å². The number of piperidine rings is 1. The molecule has 1 aromatic heterocycles. The van der Waals surface area contributed by atoms with Crippen molar-refractivity contribution < 1.29 is 4.74 Å². The molecule has 2 unspecified atom stereocenters. The highest BCUT2D eigenvalue weighted by molar-refractivity contribution is 5.45. The van der Waals surface area contributed by atoms with Crippen LogP contribution in [0.4, 0.5) is 5.69 Å². The van der Waals surface area contributed by atoms with Gasteiger partial charge in [0.05, 0.1) is 23.7 Å². The fourth-order valence-corrected chi connectivity index (χ4v) is 2.61. The van der Waals surface area contributed by atoms with Gasteiger partial charge in [-0.2, -0.15) is 0 Å². The van der Waals surface area contributed by atoms with Crippen molar-refractivity contribution in [2.24, 2.45) is 5.73 Å². The van der Waals surface area contributed by atoms with Crippen LogP contribution in [0.1, 0.15) is 51.3 Å². The second-order valence-corrected chi connectivity index (χ2v) is 5.54. The number of nitrogens with zero attached hydrogens (tertiary/aromatic N) is 2. The average Bonchev–Trinajstić information content (AvgIpc) is 2.52. The highest BCUT2D eigenvalue weighted by Crippen LogP contribution is 2.22. The monoisotopic (exact) mass is 277 g/mol. The van der Waals surface area contributed by atoms with E-state index in [2.05, 4.69) is 35.9 Å². The largest absolute Gasteiger partial charge is 0.376 e.